The Morgan fingerprint density at radius 2 is 1.61 bits per heavy atom. The number of anilines is 2. The van der Waals surface area contributed by atoms with Gasteiger partial charge in [-0.1, -0.05) is 35.9 Å². The number of aromatic nitrogens is 2. The summed E-state index contributed by atoms with van der Waals surface area (Å²) in [5, 5.41) is 9.52. The second-order valence-corrected chi connectivity index (χ2v) is 23.8. The SMILES string of the molecule is COc1cc2nc(C)nc(N[C@H](C)c3cc(-c4ccccc4CCC(=O)OC(C)(C)C)cs3)c2cc1C1CCC(C(=O)N2CCC(CCOCC3CCN(C(=O)c4ccc(Cl)c(N5CCC(=O)NC5=O)c4)CC3)CC2)CC1. The number of aryl methyl sites for hydroxylation is 2. The predicted molar refractivity (Wildman–Crippen MR) is 302 cm³/mol. The molecule has 4 aliphatic rings. The third-order valence-corrected chi connectivity index (χ3v) is 17.2. The summed E-state index contributed by atoms with van der Waals surface area (Å²) in [6.07, 6.45) is 9.23. The van der Waals surface area contributed by atoms with Crippen LogP contribution in [0.3, 0.4) is 0 Å². The van der Waals surface area contributed by atoms with Crippen molar-refractivity contribution in [2.75, 3.05) is 63.3 Å². The van der Waals surface area contributed by atoms with Crippen molar-refractivity contribution in [1.29, 1.82) is 0 Å². The summed E-state index contributed by atoms with van der Waals surface area (Å²) in [7, 11) is 1.72. The quantitative estimate of drug-likeness (QED) is 0.0670. The van der Waals surface area contributed by atoms with Crippen LogP contribution in [0, 0.1) is 24.7 Å². The Balaban J connectivity index is 0.718. The van der Waals surface area contributed by atoms with Crippen LogP contribution in [0.5, 0.6) is 5.75 Å². The molecule has 0 spiro atoms. The molecule has 5 heterocycles. The third kappa shape index (κ3) is 13.8. The van der Waals surface area contributed by atoms with Gasteiger partial charge in [-0.2, -0.15) is 0 Å². The van der Waals surface area contributed by atoms with Crippen molar-refractivity contribution in [3.8, 4) is 16.9 Å². The highest BCUT2D eigenvalue weighted by molar-refractivity contribution is 7.10. The normalized spacial score (nSPS) is 19.3. The topological polar surface area (TPSA) is 173 Å². The van der Waals surface area contributed by atoms with Crippen molar-refractivity contribution < 1.29 is 38.2 Å². The zero-order valence-electron chi connectivity index (χ0n) is 45.5. The average Bonchev–Trinajstić information content (AvgIpc) is 3.93. The van der Waals surface area contributed by atoms with Crippen molar-refractivity contribution in [3.05, 3.63) is 98.5 Å². The van der Waals surface area contributed by atoms with Crippen LogP contribution in [0.15, 0.2) is 66.0 Å². The number of nitrogens with zero attached hydrogens (tertiary/aromatic N) is 5. The third-order valence-electron chi connectivity index (χ3n) is 15.8. The maximum atomic E-state index is 14.0. The molecule has 1 aliphatic carbocycles. The molecule has 3 aromatic carbocycles. The van der Waals surface area contributed by atoms with Crippen LogP contribution in [0.4, 0.5) is 16.3 Å². The fraction of sp³-hybridized carbons (Fsp3) is 0.517. The van der Waals surface area contributed by atoms with Gasteiger partial charge in [0.1, 0.15) is 23.0 Å². The Labute approximate surface area is 461 Å². The molecule has 1 atom stereocenters. The van der Waals surface area contributed by atoms with E-state index in [1.807, 2.05) is 50.8 Å². The number of urea groups is 1. The highest BCUT2D eigenvalue weighted by Gasteiger charge is 2.34. The van der Waals surface area contributed by atoms with Gasteiger partial charge in [-0.25, -0.2) is 14.8 Å². The summed E-state index contributed by atoms with van der Waals surface area (Å²) in [4.78, 5) is 80.4. The lowest BCUT2D eigenvalue weighted by Crippen LogP contribution is -2.49. The number of rotatable bonds is 17. The number of likely N-dealkylation sites (tertiary alicyclic amines) is 2. The van der Waals surface area contributed by atoms with Gasteiger partial charge in [-0.05, 0) is 175 Å². The van der Waals surface area contributed by atoms with Crippen LogP contribution in [-0.4, -0.2) is 108 Å². The molecule has 5 aromatic rings. The number of ether oxygens (including phenoxy) is 3. The minimum atomic E-state index is -0.540. The van der Waals surface area contributed by atoms with Gasteiger partial charge in [-0.15, -0.1) is 11.3 Å². The number of benzene rings is 3. The number of methoxy groups -OCH3 is 1. The number of piperidine rings is 2. The van der Waals surface area contributed by atoms with Crippen LogP contribution in [0.25, 0.3) is 22.0 Å². The molecule has 2 N–H and O–H groups in total. The number of halogens is 1. The minimum absolute atomic E-state index is 0.0236. The van der Waals surface area contributed by atoms with E-state index in [-0.39, 0.29) is 48.6 Å². The summed E-state index contributed by atoms with van der Waals surface area (Å²) in [6.45, 7) is 14.1. The van der Waals surface area contributed by atoms with Gasteiger partial charge in [0, 0.05) is 86.6 Å². The van der Waals surface area contributed by atoms with Gasteiger partial charge in [0.15, 0.2) is 0 Å². The Kier molecular flexibility index (Phi) is 17.9. The molecule has 0 unspecified atom stereocenters. The molecule has 3 aliphatic heterocycles. The highest BCUT2D eigenvalue weighted by atomic mass is 35.5. The minimum Gasteiger partial charge on any atom is -0.496 e. The first-order chi connectivity index (χ1) is 37.0. The number of carbonyl (C=O) groups is 5. The Morgan fingerprint density at radius 3 is 2.34 bits per heavy atom. The van der Waals surface area contributed by atoms with Gasteiger partial charge in [0.2, 0.25) is 11.8 Å². The fourth-order valence-corrected chi connectivity index (χ4v) is 12.7. The number of imide groups is 1. The lowest BCUT2D eigenvalue weighted by molar-refractivity contribution is -0.154. The summed E-state index contributed by atoms with van der Waals surface area (Å²) >= 11 is 8.12. The van der Waals surface area contributed by atoms with Crippen LogP contribution < -0.4 is 20.3 Å². The summed E-state index contributed by atoms with van der Waals surface area (Å²) in [5.74, 6) is 3.11. The average molecular weight is 1090 g/mol. The van der Waals surface area contributed by atoms with Gasteiger partial charge in [0.25, 0.3) is 5.91 Å². The predicted octanol–water partition coefficient (Wildman–Crippen LogP) is 11.7. The van der Waals surface area contributed by atoms with Gasteiger partial charge in [-0.3, -0.25) is 29.4 Å². The maximum absolute atomic E-state index is 14.0. The maximum Gasteiger partial charge on any atom is 0.328 e. The number of esters is 1. The lowest BCUT2D eigenvalue weighted by Gasteiger charge is -2.36. The van der Waals surface area contributed by atoms with E-state index in [1.54, 1.807) is 36.6 Å². The van der Waals surface area contributed by atoms with E-state index in [0.29, 0.717) is 79.0 Å². The lowest BCUT2D eigenvalue weighted by atomic mass is 9.77. The van der Waals surface area contributed by atoms with Crippen LogP contribution in [0.2, 0.25) is 5.02 Å². The first kappa shape index (κ1) is 55.6. The summed E-state index contributed by atoms with van der Waals surface area (Å²) < 4.78 is 17.8. The molecule has 2 aromatic heterocycles. The van der Waals surface area contributed by atoms with E-state index in [0.717, 1.165) is 116 Å². The Morgan fingerprint density at radius 1 is 0.883 bits per heavy atom. The van der Waals surface area contributed by atoms with Crippen molar-refractivity contribution in [3.63, 3.8) is 0 Å². The van der Waals surface area contributed by atoms with E-state index < -0.39 is 11.6 Å². The molecular weight excluding hydrogens is 1010 g/mol. The molecule has 15 nitrogen and oxygen atoms in total. The van der Waals surface area contributed by atoms with E-state index in [4.69, 9.17) is 35.8 Å². The monoisotopic (exact) mass is 1090 g/mol. The highest BCUT2D eigenvalue weighted by Crippen LogP contribution is 2.43. The summed E-state index contributed by atoms with van der Waals surface area (Å²) in [5.41, 5.74) is 5.68. The number of nitrogens with one attached hydrogen (secondary N) is 2. The standard InChI is InChI=1S/C60H74ClN7O8S/c1-37(53-32-45(36-77-53)46-10-8-7-9-41(46)16-18-55(70)76-60(3,4)5)62-56-48-33-47(52(74-6)34-50(48)63-38(2)64-56)42-11-13-43(14-12-42)57(71)66-25-19-39(20-26-66)24-30-75-35-40-21-27-67(28-22-40)58(72)44-15-17-49(61)51(31-44)68-29-23-54(69)65-59(68)73/h7-10,15,17,31-34,36-37,39-40,42-43H,11-14,16,18-30,35H2,1-6H3,(H,62,63,64)(H,65,69,73)/t37-,42?,43?/m1/s1. The smallest absolute Gasteiger partial charge is 0.328 e. The number of hydrogen-bond donors (Lipinski definition) is 2. The fourth-order valence-electron chi connectivity index (χ4n) is 11.5. The first-order valence-corrected chi connectivity index (χ1v) is 28.8. The van der Waals surface area contributed by atoms with Gasteiger partial charge < -0.3 is 29.3 Å². The molecule has 1 saturated carbocycles. The zero-order chi connectivity index (χ0) is 54.4. The molecule has 5 amide bonds. The second kappa shape index (κ2) is 24.7. The molecular formula is C60H74ClN7O8S. The Hall–Kier alpha value is -6.10. The molecule has 4 fully saturated rings. The van der Waals surface area contributed by atoms with Gasteiger partial charge >= 0.3 is 12.0 Å². The number of amides is 5. The molecule has 0 bridgehead atoms. The van der Waals surface area contributed by atoms with E-state index in [2.05, 4.69) is 52.1 Å². The largest absolute Gasteiger partial charge is 0.496 e. The first-order valence-electron chi connectivity index (χ1n) is 27.6. The summed E-state index contributed by atoms with van der Waals surface area (Å²) in [6, 6.07) is 19.1. The van der Waals surface area contributed by atoms with Crippen LogP contribution in [0.1, 0.15) is 142 Å². The van der Waals surface area contributed by atoms with Crippen molar-refractivity contribution in [1.82, 2.24) is 25.1 Å². The van der Waals surface area contributed by atoms with Crippen LogP contribution >= 0.6 is 22.9 Å². The van der Waals surface area contributed by atoms with Gasteiger partial charge in [0.05, 0.1) is 29.4 Å². The van der Waals surface area contributed by atoms with Crippen molar-refractivity contribution >= 4 is 75.1 Å². The number of carbonyl (C=O) groups excluding carboxylic acids is 5. The number of hydrogen-bond acceptors (Lipinski definition) is 12. The number of fused-ring (bicyclic) bond motifs is 1. The molecule has 3 saturated heterocycles. The molecule has 77 heavy (non-hydrogen) atoms. The molecule has 410 valence electrons. The van der Waals surface area contributed by atoms with Crippen LogP contribution in [-0.2, 0) is 30.3 Å². The van der Waals surface area contributed by atoms with Crippen molar-refractivity contribution in [2.45, 2.75) is 129 Å². The van der Waals surface area contributed by atoms with E-state index in [1.165, 1.54) is 9.78 Å². The zero-order valence-corrected chi connectivity index (χ0v) is 47.0. The molecule has 9 rings (SSSR count). The van der Waals surface area contributed by atoms with E-state index in [9.17, 15) is 24.0 Å². The van der Waals surface area contributed by atoms with Crippen molar-refractivity contribution in [2.24, 2.45) is 17.8 Å². The molecule has 0 radical (unpaired) electrons. The number of thiophene rings is 1. The molecule has 17 heteroatoms. The Bertz CT molecular complexity index is 2950. The second-order valence-electron chi connectivity index (χ2n) is 22.4. The van der Waals surface area contributed by atoms with E-state index >= 15 is 0 Å².